The molecule has 0 aliphatic rings. The molecule has 32 heavy (non-hydrogen) atoms. The molecule has 0 atom stereocenters. The van der Waals surface area contributed by atoms with Gasteiger partial charge in [-0.2, -0.15) is 0 Å². The Kier molecular flexibility index (Phi) is 5.62. The van der Waals surface area contributed by atoms with Crippen LogP contribution in [-0.2, 0) is 16.4 Å². The topological polar surface area (TPSA) is 125 Å². The Hall–Kier alpha value is -3.43. The summed E-state index contributed by atoms with van der Waals surface area (Å²) in [5, 5.41) is 3.28. The van der Waals surface area contributed by atoms with Gasteiger partial charge in [-0.25, -0.2) is 13.4 Å². The summed E-state index contributed by atoms with van der Waals surface area (Å²) >= 11 is 6.13. The van der Waals surface area contributed by atoms with E-state index in [0.717, 1.165) is 11.1 Å². The molecule has 0 aliphatic heterocycles. The molecule has 8 nitrogen and oxygen atoms in total. The maximum absolute atomic E-state index is 13.7. The van der Waals surface area contributed by atoms with E-state index in [1.807, 2.05) is 6.07 Å². The second-order valence-electron chi connectivity index (χ2n) is 7.43. The van der Waals surface area contributed by atoms with Crippen molar-refractivity contribution in [2.45, 2.75) is 30.2 Å². The largest absolute Gasteiger partial charge is 0.349 e. The molecule has 164 valence electrons. The monoisotopic (exact) mass is 470 g/mol. The molecule has 10 heteroatoms. The minimum absolute atomic E-state index is 0.0537. The average molecular weight is 471 g/mol. The van der Waals surface area contributed by atoms with Crippen molar-refractivity contribution in [1.29, 1.82) is 0 Å². The lowest BCUT2D eigenvalue weighted by Crippen LogP contribution is -2.26. The van der Waals surface area contributed by atoms with Crippen LogP contribution in [0, 0.1) is 13.8 Å². The number of benzene rings is 2. The second kappa shape index (κ2) is 8.25. The van der Waals surface area contributed by atoms with E-state index in [9.17, 15) is 18.0 Å². The Morgan fingerprint density at radius 2 is 1.81 bits per heavy atom. The number of fused-ring (bicyclic) bond motifs is 1. The van der Waals surface area contributed by atoms with Gasteiger partial charge in [-0.1, -0.05) is 17.7 Å². The number of rotatable bonds is 5. The van der Waals surface area contributed by atoms with Gasteiger partial charge in [0.15, 0.2) is 0 Å². The average Bonchev–Trinajstić information content (AvgIpc) is 3.11. The highest BCUT2D eigenvalue weighted by Gasteiger charge is 2.30. The number of aromatic amines is 2. The number of carbonyl (C=O) groups is 1. The smallest absolute Gasteiger partial charge is 0.269 e. The fourth-order valence-corrected chi connectivity index (χ4v) is 5.51. The van der Waals surface area contributed by atoms with Crippen LogP contribution in [0.1, 0.15) is 27.3 Å². The lowest BCUT2D eigenvalue weighted by atomic mass is 10.2. The quantitative estimate of drug-likeness (QED) is 0.412. The van der Waals surface area contributed by atoms with Gasteiger partial charge in [0.05, 0.1) is 23.5 Å². The zero-order valence-corrected chi connectivity index (χ0v) is 18.8. The van der Waals surface area contributed by atoms with Crippen LogP contribution < -0.4 is 10.9 Å². The van der Waals surface area contributed by atoms with Gasteiger partial charge in [0, 0.05) is 22.0 Å². The van der Waals surface area contributed by atoms with E-state index in [0.29, 0.717) is 21.6 Å². The van der Waals surface area contributed by atoms with Gasteiger partial charge in [-0.15, -0.1) is 0 Å². The number of hydrogen-bond donors (Lipinski definition) is 3. The molecule has 0 aliphatic carbocycles. The summed E-state index contributed by atoms with van der Waals surface area (Å²) in [6, 6.07) is 11.0. The highest BCUT2D eigenvalue weighted by Crippen LogP contribution is 2.34. The zero-order valence-electron chi connectivity index (χ0n) is 17.2. The molecule has 0 fully saturated rings. The van der Waals surface area contributed by atoms with Crippen LogP contribution in [0.3, 0.4) is 0 Å². The lowest BCUT2D eigenvalue weighted by Gasteiger charge is -2.10. The summed E-state index contributed by atoms with van der Waals surface area (Å²) < 4.78 is 27.3. The predicted octanol–water partition coefficient (Wildman–Crippen LogP) is 3.28. The zero-order chi connectivity index (χ0) is 23.0. The minimum atomic E-state index is -4.07. The Morgan fingerprint density at radius 1 is 1.09 bits per heavy atom. The van der Waals surface area contributed by atoms with E-state index < -0.39 is 15.7 Å². The highest BCUT2D eigenvalue weighted by atomic mass is 35.5. The summed E-state index contributed by atoms with van der Waals surface area (Å²) in [5.74, 6) is -0.651. The number of amides is 1. The van der Waals surface area contributed by atoms with Crippen molar-refractivity contribution in [2.75, 3.05) is 0 Å². The molecular weight excluding hydrogens is 452 g/mol. The predicted molar refractivity (Wildman–Crippen MR) is 121 cm³/mol. The molecule has 1 amide bonds. The number of nitrogens with zero attached hydrogens (tertiary/aromatic N) is 1. The van der Waals surface area contributed by atoms with Crippen molar-refractivity contribution in [2.24, 2.45) is 0 Å². The van der Waals surface area contributed by atoms with E-state index >= 15 is 0 Å². The number of aromatic nitrogens is 3. The Balaban J connectivity index is 1.84. The first-order chi connectivity index (χ1) is 15.1. The molecule has 0 spiro atoms. The molecule has 0 bridgehead atoms. The minimum Gasteiger partial charge on any atom is -0.349 e. The van der Waals surface area contributed by atoms with Gasteiger partial charge < -0.3 is 15.3 Å². The maximum atomic E-state index is 13.7. The highest BCUT2D eigenvalue weighted by molar-refractivity contribution is 7.91. The van der Waals surface area contributed by atoms with Crippen LogP contribution in [-0.4, -0.2) is 29.3 Å². The first-order valence-electron chi connectivity index (χ1n) is 9.61. The number of nitrogens with one attached hydrogen (secondary N) is 3. The third kappa shape index (κ3) is 4.17. The molecule has 0 radical (unpaired) electrons. The third-order valence-corrected chi connectivity index (χ3v) is 6.93. The summed E-state index contributed by atoms with van der Waals surface area (Å²) in [4.78, 5) is 33.7. The van der Waals surface area contributed by atoms with E-state index in [4.69, 9.17) is 11.6 Å². The van der Waals surface area contributed by atoms with Crippen LogP contribution in [0.15, 0.2) is 63.4 Å². The van der Waals surface area contributed by atoms with Gasteiger partial charge in [0.25, 0.3) is 11.5 Å². The molecule has 4 rings (SSSR count). The van der Waals surface area contributed by atoms with Crippen molar-refractivity contribution in [3.05, 3.63) is 86.7 Å². The molecule has 0 unspecified atom stereocenters. The van der Waals surface area contributed by atoms with Crippen molar-refractivity contribution in [3.8, 4) is 0 Å². The maximum Gasteiger partial charge on any atom is 0.269 e. The van der Waals surface area contributed by atoms with Crippen LogP contribution in [0.4, 0.5) is 0 Å². The van der Waals surface area contributed by atoms with Crippen molar-refractivity contribution < 1.29 is 13.2 Å². The van der Waals surface area contributed by atoms with E-state index in [2.05, 4.69) is 20.3 Å². The summed E-state index contributed by atoms with van der Waals surface area (Å²) in [6.07, 6.45) is 1.23. The Bertz CT molecular complexity index is 1500. The third-order valence-electron chi connectivity index (χ3n) is 4.88. The molecule has 2 heterocycles. The number of aryl methyl sites for hydroxylation is 2. The lowest BCUT2D eigenvalue weighted by molar-refractivity contribution is 0.0943. The van der Waals surface area contributed by atoms with E-state index in [1.54, 1.807) is 38.1 Å². The summed E-state index contributed by atoms with van der Waals surface area (Å²) in [5.41, 5.74) is 1.88. The van der Waals surface area contributed by atoms with Crippen LogP contribution in [0.25, 0.3) is 10.9 Å². The molecule has 4 aromatic rings. The van der Waals surface area contributed by atoms with Crippen LogP contribution in [0.2, 0.25) is 5.02 Å². The fraction of sp³-hybridized carbons (Fsp3) is 0.136. The normalized spacial score (nSPS) is 11.6. The summed E-state index contributed by atoms with van der Waals surface area (Å²) in [6.45, 7) is 3.56. The number of carbonyl (C=O) groups excluding carboxylic acids is 1. The second-order valence-corrected chi connectivity index (χ2v) is 9.75. The first-order valence-corrected chi connectivity index (χ1v) is 11.5. The molecule has 2 aromatic heterocycles. The standard InChI is InChI=1S/C22H19ClN4O4S/c1-12-5-13(2)7-16(6-12)32(30,31)21-17-8-14(23)3-4-18(17)27-20(21)22(29)24-10-15-9-19(28)26-11-25-15/h3-9,11,27H,10H2,1-2H3,(H,24,29)(H,25,26,28). The van der Waals surface area contributed by atoms with Gasteiger partial charge in [-0.05, 0) is 55.3 Å². The van der Waals surface area contributed by atoms with Gasteiger partial charge in [0.1, 0.15) is 10.6 Å². The SMILES string of the molecule is Cc1cc(C)cc(S(=O)(=O)c2c(C(=O)NCc3cc(=O)[nH]cn3)[nH]c3ccc(Cl)cc23)c1. The van der Waals surface area contributed by atoms with Crippen molar-refractivity contribution in [3.63, 3.8) is 0 Å². The first kappa shape index (κ1) is 21.8. The Labute approximate surface area is 188 Å². The van der Waals surface area contributed by atoms with E-state index in [-0.39, 0.29) is 27.6 Å². The summed E-state index contributed by atoms with van der Waals surface area (Å²) in [7, 11) is -4.07. The molecule has 3 N–H and O–H groups in total. The van der Waals surface area contributed by atoms with Crippen molar-refractivity contribution in [1.82, 2.24) is 20.3 Å². The number of halogens is 1. The molecule has 0 saturated carbocycles. The number of hydrogen-bond acceptors (Lipinski definition) is 5. The molecular formula is C22H19ClN4O4S. The number of H-pyrrole nitrogens is 2. The number of sulfone groups is 1. The van der Waals surface area contributed by atoms with Crippen molar-refractivity contribution >= 4 is 38.2 Å². The van der Waals surface area contributed by atoms with Gasteiger partial charge >= 0.3 is 0 Å². The van der Waals surface area contributed by atoms with Crippen LogP contribution >= 0.6 is 11.6 Å². The Morgan fingerprint density at radius 3 is 2.50 bits per heavy atom. The van der Waals surface area contributed by atoms with Crippen LogP contribution in [0.5, 0.6) is 0 Å². The van der Waals surface area contributed by atoms with Gasteiger partial charge in [0.2, 0.25) is 9.84 Å². The fourth-order valence-electron chi connectivity index (χ4n) is 3.55. The van der Waals surface area contributed by atoms with E-state index in [1.165, 1.54) is 18.5 Å². The molecule has 0 saturated heterocycles. The molecule has 2 aromatic carbocycles. The van der Waals surface area contributed by atoms with Gasteiger partial charge in [-0.3, -0.25) is 9.59 Å².